The molecule has 2 aromatic rings. The maximum atomic E-state index is 12.1. The second-order valence-corrected chi connectivity index (χ2v) is 5.53. The number of anilines is 1. The van der Waals surface area contributed by atoms with Gasteiger partial charge in [-0.05, 0) is 37.3 Å². The number of halogens is 3. The molecule has 0 saturated heterocycles. The van der Waals surface area contributed by atoms with Crippen LogP contribution >= 0.6 is 34.8 Å². The number of benzene rings is 2. The Morgan fingerprint density at radius 1 is 1.05 bits per heavy atom. The second-order valence-electron chi connectivity index (χ2n) is 4.31. The Hall–Kier alpha value is -1.42. The van der Waals surface area contributed by atoms with Crippen LogP contribution in [-0.2, 0) is 4.79 Å². The monoisotopic (exact) mass is 343 g/mol. The zero-order chi connectivity index (χ0) is 15.4. The molecule has 2 rings (SSSR count). The van der Waals surface area contributed by atoms with E-state index in [1.54, 1.807) is 49.4 Å². The first-order valence-electron chi connectivity index (χ1n) is 6.14. The highest BCUT2D eigenvalue weighted by atomic mass is 35.5. The van der Waals surface area contributed by atoms with E-state index in [2.05, 4.69) is 5.32 Å². The van der Waals surface area contributed by atoms with Crippen LogP contribution in [0.5, 0.6) is 5.75 Å². The Morgan fingerprint density at radius 2 is 1.76 bits per heavy atom. The van der Waals surface area contributed by atoms with Gasteiger partial charge in [0, 0.05) is 5.69 Å². The van der Waals surface area contributed by atoms with E-state index in [-0.39, 0.29) is 5.91 Å². The van der Waals surface area contributed by atoms with E-state index in [4.69, 9.17) is 39.5 Å². The number of carbonyl (C=O) groups is 1. The molecule has 1 amide bonds. The Balaban J connectivity index is 2.02. The van der Waals surface area contributed by atoms with E-state index in [1.807, 2.05) is 0 Å². The van der Waals surface area contributed by atoms with E-state index in [1.165, 1.54) is 0 Å². The van der Waals surface area contributed by atoms with E-state index in [0.717, 1.165) is 0 Å². The van der Waals surface area contributed by atoms with Crippen LogP contribution in [0.15, 0.2) is 42.5 Å². The van der Waals surface area contributed by atoms with Crippen molar-refractivity contribution in [3.05, 3.63) is 57.5 Å². The summed E-state index contributed by atoms with van der Waals surface area (Å²) < 4.78 is 5.53. The summed E-state index contributed by atoms with van der Waals surface area (Å²) in [7, 11) is 0. The molecule has 0 heterocycles. The zero-order valence-electron chi connectivity index (χ0n) is 11.1. The Kier molecular flexibility index (Phi) is 5.34. The van der Waals surface area contributed by atoms with Crippen LogP contribution < -0.4 is 10.1 Å². The fourth-order valence-electron chi connectivity index (χ4n) is 1.60. The average Bonchev–Trinajstić information content (AvgIpc) is 2.45. The van der Waals surface area contributed by atoms with Gasteiger partial charge in [0.1, 0.15) is 5.75 Å². The van der Waals surface area contributed by atoms with E-state index < -0.39 is 6.10 Å². The van der Waals surface area contributed by atoms with Crippen molar-refractivity contribution in [1.29, 1.82) is 0 Å². The van der Waals surface area contributed by atoms with Crippen molar-refractivity contribution in [3.63, 3.8) is 0 Å². The van der Waals surface area contributed by atoms with E-state index in [0.29, 0.717) is 26.5 Å². The third-order valence-corrected chi connectivity index (χ3v) is 3.75. The number of para-hydroxylation sites is 1. The summed E-state index contributed by atoms with van der Waals surface area (Å²) in [4.78, 5) is 12.1. The molecule has 6 heteroatoms. The molecule has 0 aliphatic carbocycles. The molecule has 0 bridgehead atoms. The average molecular weight is 345 g/mol. The summed E-state index contributed by atoms with van der Waals surface area (Å²) in [6.45, 7) is 1.64. The molecule has 1 N–H and O–H groups in total. The maximum absolute atomic E-state index is 12.1. The molecule has 0 spiro atoms. The van der Waals surface area contributed by atoms with E-state index in [9.17, 15) is 4.79 Å². The number of nitrogens with one attached hydrogen (secondary N) is 1. The molecular weight excluding hydrogens is 333 g/mol. The molecular formula is C15H12Cl3NO2. The van der Waals surface area contributed by atoms with Crippen molar-refractivity contribution < 1.29 is 9.53 Å². The number of amides is 1. The minimum absolute atomic E-state index is 0.312. The summed E-state index contributed by atoms with van der Waals surface area (Å²) in [5.41, 5.74) is 0.545. The van der Waals surface area contributed by atoms with Gasteiger partial charge in [-0.15, -0.1) is 0 Å². The molecule has 0 aliphatic heterocycles. The minimum Gasteiger partial charge on any atom is -0.479 e. The van der Waals surface area contributed by atoms with Crippen molar-refractivity contribution >= 4 is 46.4 Å². The highest BCUT2D eigenvalue weighted by molar-refractivity contribution is 6.42. The second kappa shape index (κ2) is 7.03. The van der Waals surface area contributed by atoms with Gasteiger partial charge in [-0.3, -0.25) is 4.79 Å². The molecule has 0 aromatic heterocycles. The lowest BCUT2D eigenvalue weighted by Gasteiger charge is -2.15. The van der Waals surface area contributed by atoms with Crippen LogP contribution in [0, 0.1) is 0 Å². The van der Waals surface area contributed by atoms with Crippen LogP contribution in [0.4, 0.5) is 5.69 Å². The third kappa shape index (κ3) is 4.27. The van der Waals surface area contributed by atoms with Gasteiger partial charge >= 0.3 is 0 Å². The van der Waals surface area contributed by atoms with Crippen molar-refractivity contribution in [2.75, 3.05) is 5.32 Å². The largest absolute Gasteiger partial charge is 0.479 e. The summed E-state index contributed by atoms with van der Waals surface area (Å²) in [6.07, 6.45) is -0.709. The Bertz CT molecular complexity index is 661. The van der Waals surface area contributed by atoms with Gasteiger partial charge in [0.05, 0.1) is 15.1 Å². The van der Waals surface area contributed by atoms with Crippen LogP contribution in [0.3, 0.4) is 0 Å². The Labute approximate surface area is 137 Å². The molecule has 1 atom stereocenters. The van der Waals surface area contributed by atoms with Gasteiger partial charge in [0.15, 0.2) is 6.10 Å². The smallest absolute Gasteiger partial charge is 0.265 e. The van der Waals surface area contributed by atoms with Crippen LogP contribution in [0.1, 0.15) is 6.92 Å². The van der Waals surface area contributed by atoms with Crippen molar-refractivity contribution in [2.24, 2.45) is 0 Å². The normalized spacial score (nSPS) is 11.8. The first-order chi connectivity index (χ1) is 9.97. The summed E-state index contributed by atoms with van der Waals surface area (Å²) in [5.74, 6) is 0.143. The number of rotatable bonds is 4. The van der Waals surface area contributed by atoms with Gasteiger partial charge in [0.2, 0.25) is 0 Å². The van der Waals surface area contributed by atoms with Crippen molar-refractivity contribution in [2.45, 2.75) is 13.0 Å². The predicted octanol–water partition coefficient (Wildman–Crippen LogP) is 5.05. The topological polar surface area (TPSA) is 38.3 Å². The highest BCUT2D eigenvalue weighted by Crippen LogP contribution is 2.26. The van der Waals surface area contributed by atoms with Crippen molar-refractivity contribution in [3.8, 4) is 5.75 Å². The van der Waals surface area contributed by atoms with E-state index >= 15 is 0 Å². The molecule has 3 nitrogen and oxygen atoms in total. The summed E-state index contributed by atoms with van der Waals surface area (Å²) >= 11 is 17.7. The summed E-state index contributed by atoms with van der Waals surface area (Å²) in [5, 5.41) is 3.95. The molecule has 0 aliphatic rings. The molecule has 0 saturated carbocycles. The minimum atomic E-state index is -0.709. The third-order valence-electron chi connectivity index (χ3n) is 2.70. The van der Waals surface area contributed by atoms with Gasteiger partial charge in [0.25, 0.3) is 5.91 Å². The van der Waals surface area contributed by atoms with Crippen molar-refractivity contribution in [1.82, 2.24) is 0 Å². The van der Waals surface area contributed by atoms with Gasteiger partial charge in [-0.1, -0.05) is 46.9 Å². The number of ether oxygens (including phenoxy) is 1. The van der Waals surface area contributed by atoms with Crippen LogP contribution in [0.25, 0.3) is 0 Å². The van der Waals surface area contributed by atoms with Crippen LogP contribution in [-0.4, -0.2) is 12.0 Å². The Morgan fingerprint density at radius 3 is 2.43 bits per heavy atom. The summed E-state index contributed by atoms with van der Waals surface area (Å²) in [6, 6.07) is 11.8. The lowest BCUT2D eigenvalue weighted by atomic mass is 10.3. The van der Waals surface area contributed by atoms with Gasteiger partial charge in [-0.25, -0.2) is 0 Å². The maximum Gasteiger partial charge on any atom is 0.265 e. The zero-order valence-corrected chi connectivity index (χ0v) is 13.3. The molecule has 0 radical (unpaired) electrons. The number of hydrogen-bond acceptors (Lipinski definition) is 2. The quantitative estimate of drug-likeness (QED) is 0.842. The first-order valence-corrected chi connectivity index (χ1v) is 7.28. The highest BCUT2D eigenvalue weighted by Gasteiger charge is 2.16. The van der Waals surface area contributed by atoms with Gasteiger partial charge in [-0.2, -0.15) is 0 Å². The molecule has 21 heavy (non-hydrogen) atoms. The molecule has 1 unspecified atom stereocenters. The van der Waals surface area contributed by atoms with Gasteiger partial charge < -0.3 is 10.1 Å². The first kappa shape index (κ1) is 16.0. The SMILES string of the molecule is CC(Oc1ccccc1Cl)C(=O)Nc1ccc(Cl)c(Cl)c1. The van der Waals surface area contributed by atoms with Crippen LogP contribution in [0.2, 0.25) is 15.1 Å². The standard InChI is InChI=1S/C15H12Cl3NO2/c1-9(21-14-5-3-2-4-12(14)17)15(20)19-10-6-7-11(16)13(18)8-10/h2-9H,1H3,(H,19,20). The molecule has 2 aromatic carbocycles. The predicted molar refractivity (Wildman–Crippen MR) is 86.6 cm³/mol. The fourth-order valence-corrected chi connectivity index (χ4v) is 2.08. The lowest BCUT2D eigenvalue weighted by molar-refractivity contribution is -0.122. The lowest BCUT2D eigenvalue weighted by Crippen LogP contribution is -2.30. The fraction of sp³-hybridized carbons (Fsp3) is 0.133. The molecule has 0 fully saturated rings. The number of carbonyl (C=O) groups excluding carboxylic acids is 1. The molecule has 110 valence electrons. The number of hydrogen-bond donors (Lipinski definition) is 1.